The largest absolute Gasteiger partial charge is 0.504 e. The van der Waals surface area contributed by atoms with E-state index in [1.807, 2.05) is 6.07 Å². The molecule has 2 aromatic carbocycles. The lowest BCUT2D eigenvalue weighted by Gasteiger charge is -2.33. The van der Waals surface area contributed by atoms with Gasteiger partial charge in [0, 0.05) is 29.5 Å². The minimum Gasteiger partial charge on any atom is -0.504 e. The Balaban J connectivity index is 2.14. The maximum Gasteiger partial charge on any atom is 0.203 e. The fourth-order valence-corrected chi connectivity index (χ4v) is 4.71. The van der Waals surface area contributed by atoms with Crippen LogP contribution >= 0.6 is 0 Å². The van der Waals surface area contributed by atoms with Crippen molar-refractivity contribution in [2.24, 2.45) is 0 Å². The quantitative estimate of drug-likeness (QED) is 0.767. The predicted molar refractivity (Wildman–Crippen MR) is 101 cm³/mol. The number of rotatable bonds is 3. The molecule has 0 saturated carbocycles. The number of hydrogen-bond acceptors (Lipinski definition) is 5. The minimum absolute atomic E-state index is 0.0475. The van der Waals surface area contributed by atoms with E-state index in [4.69, 9.17) is 14.2 Å². The van der Waals surface area contributed by atoms with Crippen molar-refractivity contribution in [2.45, 2.75) is 25.3 Å². The Morgan fingerprint density at radius 3 is 2.33 bits per heavy atom. The van der Waals surface area contributed by atoms with Crippen LogP contribution in [0.15, 0.2) is 12.1 Å². The predicted octanol–water partition coefficient (Wildman–Crippen LogP) is 1.85. The molecule has 0 saturated heterocycles. The molecule has 2 atom stereocenters. The van der Waals surface area contributed by atoms with Crippen LogP contribution in [0, 0.1) is 0 Å². The van der Waals surface area contributed by atoms with E-state index in [9.17, 15) is 10.2 Å². The third kappa shape index (κ3) is 2.51. The van der Waals surface area contributed by atoms with E-state index in [-0.39, 0.29) is 23.3 Å². The molecule has 1 heterocycles. The van der Waals surface area contributed by atoms with Gasteiger partial charge in [-0.15, -0.1) is 0 Å². The summed E-state index contributed by atoms with van der Waals surface area (Å²) in [6, 6.07) is 3.96. The molecule has 1 unspecified atom stereocenters. The van der Waals surface area contributed by atoms with Gasteiger partial charge in [-0.2, -0.15) is 0 Å². The maximum absolute atomic E-state index is 11.1. The number of fused-ring (bicyclic) bond motifs is 2. The van der Waals surface area contributed by atoms with Crippen LogP contribution in [0.3, 0.4) is 0 Å². The Labute approximate surface area is 158 Å². The number of phenols is 2. The van der Waals surface area contributed by atoms with Crippen LogP contribution in [-0.4, -0.2) is 45.1 Å². The van der Waals surface area contributed by atoms with Gasteiger partial charge in [0.2, 0.25) is 5.75 Å². The highest BCUT2D eigenvalue weighted by atomic mass is 16.5. The molecule has 0 amide bonds. The average Bonchev–Trinajstić information content (AvgIpc) is 2.83. The first-order chi connectivity index (χ1) is 13.0. The number of aromatic hydroxyl groups is 2. The van der Waals surface area contributed by atoms with Crippen molar-refractivity contribution in [3.05, 3.63) is 28.8 Å². The van der Waals surface area contributed by atoms with Crippen LogP contribution in [0.4, 0.5) is 0 Å². The molecule has 2 aliphatic rings. The summed E-state index contributed by atoms with van der Waals surface area (Å²) in [6.07, 6.45) is 2.63. The number of phenolic OH excluding ortho intramolecular Hbond substituents is 2. The number of methoxy groups -OCH3 is 3. The van der Waals surface area contributed by atoms with Crippen molar-refractivity contribution in [1.29, 1.82) is 0 Å². The molecule has 0 radical (unpaired) electrons. The normalized spacial score (nSPS) is 20.3. The molecule has 6 nitrogen and oxygen atoms in total. The number of benzene rings is 2. The molecule has 0 aromatic heterocycles. The minimum atomic E-state index is 0.0475. The molecule has 0 spiro atoms. The molecule has 0 bridgehead atoms. The second-order valence-corrected chi connectivity index (χ2v) is 7.31. The van der Waals surface area contributed by atoms with E-state index in [1.54, 1.807) is 20.3 Å². The highest BCUT2D eigenvalue weighted by molar-refractivity contribution is 5.88. The van der Waals surface area contributed by atoms with Crippen LogP contribution in [0.5, 0.6) is 28.7 Å². The molecule has 6 heteroatoms. The van der Waals surface area contributed by atoms with Crippen LogP contribution in [0.1, 0.15) is 29.2 Å². The SMILES string of the molecule is COc1cc2c3c(c1O)-c1c(cc(O)c(OC)c1OC)CC[C@@H]3[NH+](C)CC2. The van der Waals surface area contributed by atoms with Gasteiger partial charge < -0.3 is 29.3 Å². The topological polar surface area (TPSA) is 72.6 Å². The summed E-state index contributed by atoms with van der Waals surface area (Å²) in [4.78, 5) is 1.43. The Kier molecular flexibility index (Phi) is 4.30. The van der Waals surface area contributed by atoms with Gasteiger partial charge in [-0.1, -0.05) is 0 Å². The summed E-state index contributed by atoms with van der Waals surface area (Å²) in [6.45, 7) is 1.03. The van der Waals surface area contributed by atoms with Crippen molar-refractivity contribution in [3.63, 3.8) is 0 Å². The lowest BCUT2D eigenvalue weighted by molar-refractivity contribution is -0.914. The highest BCUT2D eigenvalue weighted by Crippen LogP contribution is 2.55. The molecule has 0 fully saturated rings. The molecule has 3 N–H and O–H groups in total. The highest BCUT2D eigenvalue weighted by Gasteiger charge is 2.38. The summed E-state index contributed by atoms with van der Waals surface area (Å²) < 4.78 is 16.5. The van der Waals surface area contributed by atoms with Crippen molar-refractivity contribution >= 4 is 0 Å². The van der Waals surface area contributed by atoms with Gasteiger partial charge in [0.1, 0.15) is 6.04 Å². The third-order valence-electron chi connectivity index (χ3n) is 6.00. The molecule has 1 aliphatic heterocycles. The summed E-state index contributed by atoms with van der Waals surface area (Å²) >= 11 is 0. The first-order valence-corrected chi connectivity index (χ1v) is 9.24. The number of likely N-dealkylation sites (N-methyl/N-ethyl adjacent to an activating group) is 1. The summed E-state index contributed by atoms with van der Waals surface area (Å²) in [7, 11) is 6.82. The molecular formula is C21H26NO5+. The second kappa shape index (κ2) is 6.53. The zero-order valence-corrected chi connectivity index (χ0v) is 16.2. The number of nitrogens with one attached hydrogen (secondary N) is 1. The summed E-state index contributed by atoms with van der Waals surface area (Å²) in [5.41, 5.74) is 4.84. The van der Waals surface area contributed by atoms with Gasteiger partial charge >= 0.3 is 0 Å². The molecule has 4 rings (SSSR count). The van der Waals surface area contributed by atoms with Gasteiger partial charge in [0.15, 0.2) is 23.0 Å². The lowest BCUT2D eigenvalue weighted by atomic mass is 9.85. The number of aryl methyl sites for hydroxylation is 1. The summed E-state index contributed by atoms with van der Waals surface area (Å²) in [5, 5.41) is 21.5. The first kappa shape index (κ1) is 17.8. The Morgan fingerprint density at radius 2 is 1.67 bits per heavy atom. The Bertz CT molecular complexity index is 908. The number of quaternary nitrogens is 1. The fraction of sp³-hybridized carbons (Fsp3) is 0.429. The van der Waals surface area contributed by atoms with Crippen molar-refractivity contribution in [2.75, 3.05) is 34.9 Å². The Morgan fingerprint density at radius 1 is 0.926 bits per heavy atom. The molecule has 27 heavy (non-hydrogen) atoms. The monoisotopic (exact) mass is 372 g/mol. The van der Waals surface area contributed by atoms with Gasteiger partial charge in [-0.3, -0.25) is 0 Å². The van der Waals surface area contributed by atoms with Crippen molar-refractivity contribution < 1.29 is 29.3 Å². The van der Waals surface area contributed by atoms with E-state index >= 15 is 0 Å². The standard InChI is InChI=1S/C21H25NO5/c1-22-8-7-12-10-15(25-2)19(24)18-16(12)13(22)6-5-11-9-14(23)20(26-3)21(27-4)17(11)18/h9-10,13,23-24H,5-8H2,1-4H3/p+1/t13-/m0/s1. The lowest BCUT2D eigenvalue weighted by Crippen LogP contribution is -3.10. The number of ether oxygens (including phenoxy) is 3. The van der Waals surface area contributed by atoms with Crippen molar-refractivity contribution in [3.8, 4) is 39.9 Å². The van der Waals surface area contributed by atoms with Gasteiger partial charge in [-0.25, -0.2) is 0 Å². The molecular weight excluding hydrogens is 346 g/mol. The van der Waals surface area contributed by atoms with Crippen LogP contribution < -0.4 is 19.1 Å². The zero-order valence-electron chi connectivity index (χ0n) is 16.2. The summed E-state index contributed by atoms with van der Waals surface area (Å²) in [5.74, 6) is 1.35. The Hall–Kier alpha value is -2.60. The van der Waals surface area contributed by atoms with Crippen LogP contribution in [-0.2, 0) is 12.8 Å². The van der Waals surface area contributed by atoms with Gasteiger partial charge in [-0.05, 0) is 29.7 Å². The third-order valence-corrected chi connectivity index (χ3v) is 6.00. The molecule has 1 aliphatic carbocycles. The van der Waals surface area contributed by atoms with Crippen LogP contribution in [0.25, 0.3) is 11.1 Å². The zero-order chi connectivity index (χ0) is 19.3. The van der Waals surface area contributed by atoms with Crippen molar-refractivity contribution in [1.82, 2.24) is 0 Å². The van der Waals surface area contributed by atoms with Gasteiger partial charge in [0.25, 0.3) is 0 Å². The first-order valence-electron chi connectivity index (χ1n) is 9.24. The average molecular weight is 372 g/mol. The van der Waals surface area contributed by atoms with Gasteiger partial charge in [0.05, 0.1) is 34.9 Å². The van der Waals surface area contributed by atoms with E-state index < -0.39 is 0 Å². The van der Waals surface area contributed by atoms with Crippen LogP contribution in [0.2, 0.25) is 0 Å². The number of hydrogen-bond donors (Lipinski definition) is 3. The van der Waals surface area contributed by atoms with E-state index in [1.165, 1.54) is 17.6 Å². The fourth-order valence-electron chi connectivity index (χ4n) is 4.71. The maximum atomic E-state index is 11.1. The van der Waals surface area contributed by atoms with E-state index in [2.05, 4.69) is 7.05 Å². The smallest absolute Gasteiger partial charge is 0.203 e. The van der Waals surface area contributed by atoms with E-state index in [0.717, 1.165) is 48.1 Å². The second-order valence-electron chi connectivity index (χ2n) is 7.31. The molecule has 144 valence electrons. The molecule has 2 aromatic rings. The van der Waals surface area contributed by atoms with E-state index in [0.29, 0.717) is 11.5 Å².